The molecule has 0 radical (unpaired) electrons. The Kier molecular flexibility index (Phi) is 3.30. The molecule has 0 heterocycles. The molecule has 0 spiro atoms. The van der Waals surface area contributed by atoms with Crippen molar-refractivity contribution in [2.75, 3.05) is 0 Å². The van der Waals surface area contributed by atoms with Crippen molar-refractivity contribution in [3.63, 3.8) is 0 Å². The normalized spacial score (nSPS) is 12.5. The predicted octanol–water partition coefficient (Wildman–Crippen LogP) is 1.82. The van der Waals surface area contributed by atoms with E-state index in [2.05, 4.69) is 0 Å². The zero-order valence-electron chi connectivity index (χ0n) is 10.0. The molecule has 0 atom stereocenters. The summed E-state index contributed by atoms with van der Waals surface area (Å²) in [6.07, 6.45) is 0. The fraction of sp³-hybridized carbons (Fsp3) is 0.143. The zero-order valence-corrected chi connectivity index (χ0v) is 11.0. The SMILES string of the molecule is Cc1ccccc1[PH](O)(O)c1ccccc1C. The van der Waals surface area contributed by atoms with Gasteiger partial charge >= 0.3 is 102 Å². The van der Waals surface area contributed by atoms with Crippen LogP contribution in [0.4, 0.5) is 0 Å². The molecule has 2 rings (SSSR count). The minimum absolute atomic E-state index is 0.661. The van der Waals surface area contributed by atoms with E-state index in [1.165, 1.54) is 0 Å². The maximum absolute atomic E-state index is 10.5. The molecule has 2 aromatic carbocycles. The van der Waals surface area contributed by atoms with Crippen molar-refractivity contribution in [2.24, 2.45) is 0 Å². The summed E-state index contributed by atoms with van der Waals surface area (Å²) < 4.78 is 0. The third-order valence-electron chi connectivity index (χ3n) is 3.04. The number of rotatable bonds is 2. The summed E-state index contributed by atoms with van der Waals surface area (Å²) in [6, 6.07) is 14.9. The van der Waals surface area contributed by atoms with E-state index < -0.39 is 7.72 Å². The van der Waals surface area contributed by atoms with E-state index in [-0.39, 0.29) is 0 Å². The van der Waals surface area contributed by atoms with Gasteiger partial charge in [-0.3, -0.25) is 0 Å². The van der Waals surface area contributed by atoms with Crippen LogP contribution in [-0.4, -0.2) is 9.79 Å². The Morgan fingerprint density at radius 1 is 0.706 bits per heavy atom. The molecule has 90 valence electrons. The molecule has 3 heteroatoms. The van der Waals surface area contributed by atoms with Gasteiger partial charge in [0.25, 0.3) is 0 Å². The van der Waals surface area contributed by atoms with Gasteiger partial charge in [-0.15, -0.1) is 0 Å². The van der Waals surface area contributed by atoms with E-state index in [1.54, 1.807) is 12.1 Å². The van der Waals surface area contributed by atoms with E-state index in [1.807, 2.05) is 50.2 Å². The summed E-state index contributed by atoms with van der Waals surface area (Å²) in [5.74, 6) is 0. The van der Waals surface area contributed by atoms with Gasteiger partial charge in [0.15, 0.2) is 0 Å². The van der Waals surface area contributed by atoms with Crippen LogP contribution in [0.1, 0.15) is 11.1 Å². The van der Waals surface area contributed by atoms with Crippen LogP contribution in [0, 0.1) is 13.8 Å². The van der Waals surface area contributed by atoms with E-state index >= 15 is 0 Å². The van der Waals surface area contributed by atoms with E-state index in [0.717, 1.165) is 11.1 Å². The first-order valence-corrected chi connectivity index (χ1v) is 7.50. The molecular weight excluding hydrogens is 231 g/mol. The summed E-state index contributed by atoms with van der Waals surface area (Å²) in [5, 5.41) is 1.32. The van der Waals surface area contributed by atoms with Crippen molar-refractivity contribution < 1.29 is 9.79 Å². The van der Waals surface area contributed by atoms with Crippen LogP contribution in [0.3, 0.4) is 0 Å². The van der Waals surface area contributed by atoms with Crippen LogP contribution in [0.5, 0.6) is 0 Å². The van der Waals surface area contributed by atoms with Gasteiger partial charge < -0.3 is 0 Å². The molecule has 0 aromatic heterocycles. The Bertz CT molecular complexity index is 488. The Hall–Kier alpha value is -1.21. The van der Waals surface area contributed by atoms with Crippen LogP contribution < -0.4 is 10.6 Å². The number of hydrogen-bond donors (Lipinski definition) is 2. The molecule has 0 bridgehead atoms. The Balaban J connectivity index is 2.58. The monoisotopic (exact) mass is 248 g/mol. The molecule has 0 unspecified atom stereocenters. The second kappa shape index (κ2) is 4.58. The molecule has 0 saturated carbocycles. The Morgan fingerprint density at radius 3 is 1.41 bits per heavy atom. The molecule has 0 aliphatic carbocycles. The van der Waals surface area contributed by atoms with Crippen molar-refractivity contribution in [3.8, 4) is 0 Å². The van der Waals surface area contributed by atoms with Crippen molar-refractivity contribution in [1.29, 1.82) is 0 Å². The Morgan fingerprint density at radius 2 is 1.06 bits per heavy atom. The predicted molar refractivity (Wildman–Crippen MR) is 74.4 cm³/mol. The van der Waals surface area contributed by atoms with Gasteiger partial charge in [0.2, 0.25) is 0 Å². The van der Waals surface area contributed by atoms with E-state index in [0.29, 0.717) is 10.6 Å². The van der Waals surface area contributed by atoms with Gasteiger partial charge in [-0.25, -0.2) is 0 Å². The second-order valence-corrected chi connectivity index (χ2v) is 6.72. The molecule has 0 aliphatic heterocycles. The molecular formula is C14H17O2P. The van der Waals surface area contributed by atoms with Gasteiger partial charge in [0, 0.05) is 0 Å². The van der Waals surface area contributed by atoms with Gasteiger partial charge in [-0.2, -0.15) is 0 Å². The number of benzene rings is 2. The molecule has 2 N–H and O–H groups in total. The van der Waals surface area contributed by atoms with Gasteiger partial charge in [0.05, 0.1) is 0 Å². The second-order valence-electron chi connectivity index (χ2n) is 4.30. The van der Waals surface area contributed by atoms with Crippen LogP contribution in [0.25, 0.3) is 0 Å². The first-order valence-electron chi connectivity index (χ1n) is 5.60. The zero-order chi connectivity index (χ0) is 12.5. The van der Waals surface area contributed by atoms with E-state index in [9.17, 15) is 9.79 Å². The number of hydrogen-bond acceptors (Lipinski definition) is 2. The van der Waals surface area contributed by atoms with Crippen molar-refractivity contribution in [2.45, 2.75) is 13.8 Å². The maximum atomic E-state index is 10.5. The molecule has 0 aliphatic rings. The molecule has 17 heavy (non-hydrogen) atoms. The first-order chi connectivity index (χ1) is 8.03. The summed E-state index contributed by atoms with van der Waals surface area (Å²) >= 11 is 0. The summed E-state index contributed by atoms with van der Waals surface area (Å²) in [5.41, 5.74) is 1.85. The van der Waals surface area contributed by atoms with Crippen LogP contribution in [0.15, 0.2) is 48.5 Å². The van der Waals surface area contributed by atoms with Gasteiger partial charge in [-0.05, 0) is 0 Å². The van der Waals surface area contributed by atoms with Crippen molar-refractivity contribution in [1.82, 2.24) is 0 Å². The molecule has 0 fully saturated rings. The van der Waals surface area contributed by atoms with Crippen molar-refractivity contribution in [3.05, 3.63) is 59.7 Å². The minimum atomic E-state index is -3.54. The summed E-state index contributed by atoms with van der Waals surface area (Å²) in [6.45, 7) is 3.81. The molecule has 2 nitrogen and oxygen atoms in total. The van der Waals surface area contributed by atoms with Crippen molar-refractivity contribution >= 4 is 18.3 Å². The average molecular weight is 248 g/mol. The van der Waals surface area contributed by atoms with Crippen LogP contribution in [0.2, 0.25) is 0 Å². The third-order valence-corrected chi connectivity index (χ3v) is 5.67. The topological polar surface area (TPSA) is 40.5 Å². The third kappa shape index (κ3) is 2.25. The van der Waals surface area contributed by atoms with Gasteiger partial charge in [0.1, 0.15) is 0 Å². The fourth-order valence-corrected chi connectivity index (χ4v) is 4.29. The van der Waals surface area contributed by atoms with Crippen LogP contribution >= 0.6 is 7.72 Å². The fourth-order valence-electron chi connectivity index (χ4n) is 2.07. The molecule has 0 amide bonds. The average Bonchev–Trinajstić information content (AvgIpc) is 2.29. The summed E-state index contributed by atoms with van der Waals surface area (Å²) in [4.78, 5) is 21.0. The molecule has 0 saturated heterocycles. The van der Waals surface area contributed by atoms with Crippen LogP contribution in [-0.2, 0) is 0 Å². The molecule has 2 aromatic rings. The van der Waals surface area contributed by atoms with E-state index in [4.69, 9.17) is 0 Å². The standard InChI is InChI=1S/C14H17O2P/c1-11-7-3-5-9-13(11)17(15,16)14-10-6-4-8-12(14)2/h3-10,15-17H,1-2H3. The quantitative estimate of drug-likeness (QED) is 0.796. The number of aryl methyl sites for hydroxylation is 2. The summed E-state index contributed by atoms with van der Waals surface area (Å²) in [7, 11) is -3.54. The van der Waals surface area contributed by atoms with Gasteiger partial charge in [-0.1, -0.05) is 0 Å². The Labute approximate surface area is 102 Å². The first kappa shape index (κ1) is 12.3.